The molecule has 0 spiro atoms. The van der Waals surface area contributed by atoms with E-state index in [-0.39, 0.29) is 30.5 Å². The minimum atomic E-state index is -0.212. The molecule has 1 saturated carbocycles. The monoisotopic (exact) mass is 598 g/mol. The van der Waals surface area contributed by atoms with Gasteiger partial charge in [-0.3, -0.25) is 14.6 Å². The number of carbonyl (C=O) groups excluding carboxylic acids is 1. The Hall–Kier alpha value is -3.27. The minimum Gasteiger partial charge on any atom is -0.497 e. The van der Waals surface area contributed by atoms with Crippen LogP contribution in [-0.2, 0) is 4.79 Å². The molecule has 2 aliphatic heterocycles. The molecule has 2 heterocycles. The summed E-state index contributed by atoms with van der Waals surface area (Å²) in [4.78, 5) is 18.1. The normalized spacial score (nSPS) is 16.8. The van der Waals surface area contributed by atoms with E-state index in [1.54, 1.807) is 25.8 Å². The lowest BCUT2D eigenvalue weighted by atomic mass is 10.1. The number of nitrogens with zero attached hydrogens (tertiary/aromatic N) is 2. The molecule has 1 fully saturated rings. The van der Waals surface area contributed by atoms with Crippen LogP contribution in [0.2, 0.25) is 0 Å². The number of benzene rings is 3. The summed E-state index contributed by atoms with van der Waals surface area (Å²) in [5, 5.41) is -0.212. The number of rotatable bonds is 12. The van der Waals surface area contributed by atoms with Gasteiger partial charge in [-0.15, -0.1) is 12.4 Å². The molecule has 0 bridgehead atoms. The lowest BCUT2D eigenvalue weighted by Crippen LogP contribution is -2.32. The highest BCUT2D eigenvalue weighted by molar-refractivity contribution is 8.00. The summed E-state index contributed by atoms with van der Waals surface area (Å²) in [5.41, 5.74) is 1.87. The second kappa shape index (κ2) is 13.1. The Labute approximate surface area is 251 Å². The zero-order chi connectivity index (χ0) is 27.5. The molecule has 0 N–H and O–H groups in total. The molecule has 1 amide bonds. The summed E-state index contributed by atoms with van der Waals surface area (Å²) in [6.45, 7) is 4.85. The fourth-order valence-electron chi connectivity index (χ4n) is 5.18. The van der Waals surface area contributed by atoms with Gasteiger partial charge in [0.2, 0.25) is 12.7 Å². The first-order chi connectivity index (χ1) is 19.6. The maximum atomic E-state index is 12.7. The molecule has 1 atom stereocenters. The van der Waals surface area contributed by atoms with Crippen molar-refractivity contribution in [2.45, 2.75) is 42.5 Å². The third-order valence-corrected chi connectivity index (χ3v) is 8.61. The number of halogens is 1. The van der Waals surface area contributed by atoms with E-state index in [9.17, 15) is 4.79 Å². The van der Waals surface area contributed by atoms with E-state index in [1.165, 1.54) is 12.8 Å². The first kappa shape index (κ1) is 29.2. The van der Waals surface area contributed by atoms with Crippen LogP contribution in [0.15, 0.2) is 65.6 Å². The van der Waals surface area contributed by atoms with Crippen LogP contribution in [0.5, 0.6) is 28.7 Å². The van der Waals surface area contributed by atoms with Crippen LogP contribution in [0.4, 0.5) is 5.69 Å². The van der Waals surface area contributed by atoms with Crippen molar-refractivity contribution in [3.8, 4) is 28.7 Å². The number of amides is 1. The molecule has 6 rings (SSSR count). The summed E-state index contributed by atoms with van der Waals surface area (Å²) in [6, 6.07) is 20.2. The van der Waals surface area contributed by atoms with Crippen molar-refractivity contribution in [3.05, 3.63) is 66.2 Å². The third-order valence-electron chi connectivity index (χ3n) is 7.32. The smallest absolute Gasteiger partial charge is 0.231 e. The van der Waals surface area contributed by atoms with E-state index in [2.05, 4.69) is 11.0 Å². The summed E-state index contributed by atoms with van der Waals surface area (Å²) in [5.74, 6) is 3.81. The Morgan fingerprint density at radius 3 is 2.59 bits per heavy atom. The highest BCUT2D eigenvalue weighted by atomic mass is 35.5. The van der Waals surface area contributed by atoms with E-state index in [0.717, 1.165) is 64.4 Å². The molecule has 10 heteroatoms. The molecule has 1 unspecified atom stereocenters. The molecule has 0 aromatic heterocycles. The Morgan fingerprint density at radius 1 is 0.976 bits per heavy atom. The number of anilines is 1. The topological polar surface area (TPSA) is 69.7 Å². The standard InChI is InChI=1S/C31H34N2O6S.ClH/c1-21(34)33-26-6-3-4-7-30(26)40-31(33)25-18-23(35-2)10-12-27(25)37-16-5-14-32(22-8-9-22)15-17-36-24-11-13-28-29(19-24)39-20-38-28;/h3-4,6-7,10-13,18-19,22,31H,5,8-9,14-17,20H2,1-2H3;1H. The Balaban J connectivity index is 0.00000337. The van der Waals surface area contributed by atoms with Crippen molar-refractivity contribution < 1.29 is 28.5 Å². The highest BCUT2D eigenvalue weighted by Crippen LogP contribution is 2.53. The van der Waals surface area contributed by atoms with Gasteiger partial charge in [-0.1, -0.05) is 23.9 Å². The summed E-state index contributed by atoms with van der Waals surface area (Å²) in [7, 11) is 1.65. The van der Waals surface area contributed by atoms with Crippen molar-refractivity contribution >= 4 is 35.8 Å². The molecule has 218 valence electrons. The number of carbonyl (C=O) groups is 1. The molecule has 41 heavy (non-hydrogen) atoms. The number of hydrogen-bond acceptors (Lipinski definition) is 8. The highest BCUT2D eigenvalue weighted by Gasteiger charge is 2.36. The van der Waals surface area contributed by atoms with Gasteiger partial charge in [0.1, 0.15) is 29.2 Å². The molecule has 3 aromatic rings. The quantitative estimate of drug-likeness (QED) is 0.225. The number of ether oxygens (including phenoxy) is 5. The number of methoxy groups -OCH3 is 1. The van der Waals surface area contributed by atoms with Gasteiger partial charge in [0.05, 0.1) is 19.4 Å². The van der Waals surface area contributed by atoms with Crippen molar-refractivity contribution in [1.29, 1.82) is 0 Å². The predicted octanol–water partition coefficient (Wildman–Crippen LogP) is 6.32. The molecule has 3 aliphatic rings. The Kier molecular flexibility index (Phi) is 9.37. The number of hydrogen-bond donors (Lipinski definition) is 0. The van der Waals surface area contributed by atoms with Crippen LogP contribution >= 0.6 is 24.2 Å². The van der Waals surface area contributed by atoms with Crippen molar-refractivity contribution in [2.75, 3.05) is 45.1 Å². The van der Waals surface area contributed by atoms with Gasteiger partial charge in [-0.25, -0.2) is 0 Å². The SMILES string of the molecule is COc1ccc(OCCCN(CCOc2ccc3c(c2)OCO3)C2CC2)c(C2Sc3ccccc3N2C(C)=O)c1.Cl. The molecule has 3 aromatic carbocycles. The van der Waals surface area contributed by atoms with Gasteiger partial charge in [0.15, 0.2) is 11.5 Å². The lowest BCUT2D eigenvalue weighted by molar-refractivity contribution is -0.116. The van der Waals surface area contributed by atoms with Gasteiger partial charge in [0, 0.05) is 42.6 Å². The van der Waals surface area contributed by atoms with Crippen LogP contribution < -0.4 is 28.6 Å². The maximum absolute atomic E-state index is 12.7. The van der Waals surface area contributed by atoms with E-state index >= 15 is 0 Å². The fraction of sp³-hybridized carbons (Fsp3) is 0.387. The first-order valence-electron chi connectivity index (χ1n) is 13.7. The molecule has 0 radical (unpaired) electrons. The second-order valence-corrected chi connectivity index (χ2v) is 11.2. The zero-order valence-corrected chi connectivity index (χ0v) is 24.9. The summed E-state index contributed by atoms with van der Waals surface area (Å²) < 4.78 is 28.7. The predicted molar refractivity (Wildman–Crippen MR) is 161 cm³/mol. The molecule has 1 aliphatic carbocycles. The van der Waals surface area contributed by atoms with E-state index in [1.807, 2.05) is 59.5 Å². The van der Waals surface area contributed by atoms with Gasteiger partial charge >= 0.3 is 0 Å². The molecule has 8 nitrogen and oxygen atoms in total. The Bertz CT molecular complexity index is 1370. The van der Waals surface area contributed by atoms with E-state index in [0.29, 0.717) is 19.3 Å². The molecular formula is C31H35ClN2O6S. The van der Waals surface area contributed by atoms with Crippen molar-refractivity contribution in [3.63, 3.8) is 0 Å². The van der Waals surface area contributed by atoms with Crippen molar-refractivity contribution in [2.24, 2.45) is 0 Å². The van der Waals surface area contributed by atoms with Crippen LogP contribution in [0.25, 0.3) is 0 Å². The Morgan fingerprint density at radius 2 is 1.78 bits per heavy atom. The third kappa shape index (κ3) is 6.63. The lowest BCUT2D eigenvalue weighted by Gasteiger charge is -2.26. The number of fused-ring (bicyclic) bond motifs is 2. The van der Waals surface area contributed by atoms with Crippen molar-refractivity contribution in [1.82, 2.24) is 4.90 Å². The zero-order valence-electron chi connectivity index (χ0n) is 23.2. The van der Waals surface area contributed by atoms with Crippen LogP contribution in [-0.4, -0.2) is 57.1 Å². The van der Waals surface area contributed by atoms with E-state index < -0.39 is 0 Å². The second-order valence-electron chi connectivity index (χ2n) is 10.1. The fourth-order valence-corrected chi connectivity index (χ4v) is 6.55. The summed E-state index contributed by atoms with van der Waals surface area (Å²) >= 11 is 1.66. The first-order valence-corrected chi connectivity index (χ1v) is 14.6. The molecular weight excluding hydrogens is 564 g/mol. The van der Waals surface area contributed by atoms with Gasteiger partial charge < -0.3 is 23.7 Å². The average Bonchev–Trinajstić information content (AvgIpc) is 3.57. The van der Waals surface area contributed by atoms with Gasteiger partial charge in [-0.05, 0) is 61.7 Å². The van der Waals surface area contributed by atoms with Gasteiger partial charge in [0.25, 0.3) is 0 Å². The average molecular weight is 599 g/mol. The van der Waals surface area contributed by atoms with Crippen LogP contribution in [0.1, 0.15) is 37.1 Å². The largest absolute Gasteiger partial charge is 0.497 e. The minimum absolute atomic E-state index is 0. The summed E-state index contributed by atoms with van der Waals surface area (Å²) in [6.07, 6.45) is 3.35. The molecule has 0 saturated heterocycles. The van der Waals surface area contributed by atoms with Crippen LogP contribution in [0.3, 0.4) is 0 Å². The number of thioether (sulfide) groups is 1. The van der Waals surface area contributed by atoms with E-state index in [4.69, 9.17) is 23.7 Å². The number of para-hydroxylation sites is 1. The van der Waals surface area contributed by atoms with Crippen LogP contribution in [0, 0.1) is 0 Å². The maximum Gasteiger partial charge on any atom is 0.231 e. The van der Waals surface area contributed by atoms with Gasteiger partial charge in [-0.2, -0.15) is 0 Å².